The van der Waals surface area contributed by atoms with Crippen LogP contribution in [0, 0.1) is 0 Å². The number of anilines is 1. The molecule has 21 heavy (non-hydrogen) atoms. The predicted octanol–water partition coefficient (Wildman–Crippen LogP) is 2.59. The highest BCUT2D eigenvalue weighted by molar-refractivity contribution is 7.15. The second kappa shape index (κ2) is 6.19. The molecule has 0 radical (unpaired) electrons. The van der Waals surface area contributed by atoms with E-state index in [0.717, 1.165) is 5.56 Å². The summed E-state index contributed by atoms with van der Waals surface area (Å²) < 4.78 is 37.0. The summed E-state index contributed by atoms with van der Waals surface area (Å²) in [5.41, 5.74) is 6.62. The molecule has 2 aromatic rings. The zero-order valence-corrected chi connectivity index (χ0v) is 11.4. The SMILES string of the molecule is NC(CC(=O)Nc1nnc(C(F)(F)F)s1)c1ccccc1. The smallest absolute Gasteiger partial charge is 0.324 e. The van der Waals surface area contributed by atoms with Gasteiger partial charge in [0.15, 0.2) is 0 Å². The van der Waals surface area contributed by atoms with Gasteiger partial charge in [0.1, 0.15) is 0 Å². The molecule has 1 heterocycles. The van der Waals surface area contributed by atoms with Gasteiger partial charge in [0, 0.05) is 12.5 Å². The maximum absolute atomic E-state index is 12.3. The van der Waals surface area contributed by atoms with Crippen molar-refractivity contribution in [1.82, 2.24) is 10.2 Å². The van der Waals surface area contributed by atoms with E-state index in [9.17, 15) is 18.0 Å². The first-order valence-electron chi connectivity index (χ1n) is 5.87. The molecule has 5 nitrogen and oxygen atoms in total. The molecular formula is C12H11F3N4OS. The molecule has 2 rings (SSSR count). The zero-order valence-electron chi connectivity index (χ0n) is 10.6. The number of nitrogens with two attached hydrogens (primary N) is 1. The number of nitrogens with one attached hydrogen (secondary N) is 1. The molecule has 0 fully saturated rings. The van der Waals surface area contributed by atoms with Crippen LogP contribution < -0.4 is 11.1 Å². The Kier molecular flexibility index (Phi) is 4.53. The van der Waals surface area contributed by atoms with Crippen LogP contribution in [-0.2, 0) is 11.0 Å². The minimum Gasteiger partial charge on any atom is -0.324 e. The number of carbonyl (C=O) groups excluding carboxylic acids is 1. The fraction of sp³-hybridized carbons (Fsp3) is 0.250. The van der Waals surface area contributed by atoms with Gasteiger partial charge in [-0.3, -0.25) is 4.79 Å². The summed E-state index contributed by atoms with van der Waals surface area (Å²) in [4.78, 5) is 11.7. The van der Waals surface area contributed by atoms with E-state index >= 15 is 0 Å². The van der Waals surface area contributed by atoms with Crippen molar-refractivity contribution >= 4 is 22.4 Å². The van der Waals surface area contributed by atoms with Crippen LogP contribution in [0.25, 0.3) is 0 Å². The van der Waals surface area contributed by atoms with Gasteiger partial charge in [0.2, 0.25) is 16.0 Å². The molecule has 0 aliphatic rings. The first-order valence-corrected chi connectivity index (χ1v) is 6.69. The number of benzene rings is 1. The van der Waals surface area contributed by atoms with Gasteiger partial charge in [0.25, 0.3) is 0 Å². The van der Waals surface area contributed by atoms with Crippen LogP contribution in [0.5, 0.6) is 0 Å². The summed E-state index contributed by atoms with van der Waals surface area (Å²) >= 11 is 0.271. The summed E-state index contributed by atoms with van der Waals surface area (Å²) in [5, 5.41) is 7.21. The highest BCUT2D eigenvalue weighted by atomic mass is 32.1. The van der Waals surface area contributed by atoms with Crippen molar-refractivity contribution in [3.8, 4) is 0 Å². The largest absolute Gasteiger partial charge is 0.445 e. The number of halogens is 3. The van der Waals surface area contributed by atoms with E-state index in [2.05, 4.69) is 15.5 Å². The molecule has 9 heteroatoms. The van der Waals surface area contributed by atoms with Crippen LogP contribution in [0.1, 0.15) is 23.0 Å². The van der Waals surface area contributed by atoms with E-state index in [1.165, 1.54) is 0 Å². The lowest BCUT2D eigenvalue weighted by Crippen LogP contribution is -2.20. The van der Waals surface area contributed by atoms with Crippen molar-refractivity contribution in [1.29, 1.82) is 0 Å². The molecule has 0 saturated heterocycles. The molecule has 1 amide bonds. The Morgan fingerprint density at radius 1 is 1.29 bits per heavy atom. The molecule has 1 aromatic heterocycles. The molecule has 1 unspecified atom stereocenters. The Balaban J connectivity index is 1.94. The molecular weight excluding hydrogens is 305 g/mol. The van der Waals surface area contributed by atoms with Crippen LogP contribution in [-0.4, -0.2) is 16.1 Å². The van der Waals surface area contributed by atoms with Gasteiger partial charge in [0.05, 0.1) is 0 Å². The maximum Gasteiger partial charge on any atom is 0.445 e. The van der Waals surface area contributed by atoms with Gasteiger partial charge < -0.3 is 11.1 Å². The molecule has 3 N–H and O–H groups in total. The third-order valence-electron chi connectivity index (χ3n) is 2.55. The lowest BCUT2D eigenvalue weighted by atomic mass is 10.0. The van der Waals surface area contributed by atoms with Crippen LogP contribution in [0.4, 0.5) is 18.3 Å². The van der Waals surface area contributed by atoms with E-state index in [1.807, 2.05) is 6.07 Å². The highest BCUT2D eigenvalue weighted by Crippen LogP contribution is 2.33. The minimum absolute atomic E-state index is 0.0645. The number of carbonyl (C=O) groups is 1. The van der Waals surface area contributed by atoms with Gasteiger partial charge in [-0.1, -0.05) is 41.7 Å². The molecule has 0 saturated carbocycles. The van der Waals surface area contributed by atoms with Gasteiger partial charge in [-0.25, -0.2) is 0 Å². The summed E-state index contributed by atoms with van der Waals surface area (Å²) in [7, 11) is 0. The second-order valence-corrected chi connectivity index (χ2v) is 5.16. The monoisotopic (exact) mass is 316 g/mol. The Morgan fingerprint density at radius 2 is 1.95 bits per heavy atom. The molecule has 0 spiro atoms. The number of amides is 1. The van der Waals surface area contributed by atoms with Gasteiger partial charge in [-0.05, 0) is 5.56 Å². The van der Waals surface area contributed by atoms with Crippen LogP contribution in [0.15, 0.2) is 30.3 Å². The lowest BCUT2D eigenvalue weighted by molar-refractivity contribution is -0.138. The topological polar surface area (TPSA) is 80.9 Å². The third-order valence-corrected chi connectivity index (χ3v) is 3.43. The lowest BCUT2D eigenvalue weighted by Gasteiger charge is -2.10. The Labute approximate surface area is 122 Å². The number of nitrogens with zero attached hydrogens (tertiary/aromatic N) is 2. The minimum atomic E-state index is -4.57. The number of rotatable bonds is 4. The van der Waals surface area contributed by atoms with Crippen LogP contribution in [0.3, 0.4) is 0 Å². The zero-order chi connectivity index (χ0) is 15.5. The second-order valence-electron chi connectivity index (χ2n) is 4.18. The number of aromatic nitrogens is 2. The van der Waals surface area contributed by atoms with E-state index < -0.39 is 23.1 Å². The first-order chi connectivity index (χ1) is 9.86. The first kappa shape index (κ1) is 15.4. The number of hydrogen-bond donors (Lipinski definition) is 2. The standard InChI is InChI=1S/C12H11F3N4OS/c13-12(14,15)10-18-19-11(21-10)17-9(20)6-8(16)7-4-2-1-3-5-7/h1-5,8H,6,16H2,(H,17,19,20). The fourth-order valence-electron chi connectivity index (χ4n) is 1.58. The van der Waals surface area contributed by atoms with Gasteiger partial charge >= 0.3 is 6.18 Å². The van der Waals surface area contributed by atoms with Crippen molar-refractivity contribution in [3.63, 3.8) is 0 Å². The molecule has 0 aliphatic carbocycles. The number of hydrogen-bond acceptors (Lipinski definition) is 5. The predicted molar refractivity (Wildman–Crippen MR) is 71.5 cm³/mol. The highest BCUT2D eigenvalue weighted by Gasteiger charge is 2.35. The third kappa shape index (κ3) is 4.23. The molecule has 112 valence electrons. The quantitative estimate of drug-likeness (QED) is 0.908. The Bertz CT molecular complexity index is 614. The van der Waals surface area contributed by atoms with E-state index in [1.54, 1.807) is 24.3 Å². The van der Waals surface area contributed by atoms with E-state index in [-0.39, 0.29) is 22.9 Å². The van der Waals surface area contributed by atoms with Gasteiger partial charge in [-0.15, -0.1) is 10.2 Å². The fourth-order valence-corrected chi connectivity index (χ4v) is 2.20. The normalized spacial score (nSPS) is 13.0. The Hall–Kier alpha value is -2.00. The maximum atomic E-state index is 12.3. The van der Waals surface area contributed by atoms with Crippen LogP contribution in [0.2, 0.25) is 0 Å². The number of alkyl halides is 3. The summed E-state index contributed by atoms with van der Waals surface area (Å²) in [6.45, 7) is 0. The van der Waals surface area contributed by atoms with E-state index in [4.69, 9.17) is 5.73 Å². The van der Waals surface area contributed by atoms with Crippen molar-refractivity contribution in [2.24, 2.45) is 5.73 Å². The van der Waals surface area contributed by atoms with Crippen molar-refractivity contribution < 1.29 is 18.0 Å². The molecule has 1 aromatic carbocycles. The summed E-state index contributed by atoms with van der Waals surface area (Å²) in [5.74, 6) is -0.517. The van der Waals surface area contributed by atoms with E-state index in [0.29, 0.717) is 0 Å². The van der Waals surface area contributed by atoms with Crippen molar-refractivity contribution in [2.75, 3.05) is 5.32 Å². The average molecular weight is 316 g/mol. The summed E-state index contributed by atoms with van der Waals surface area (Å²) in [6.07, 6.45) is -4.63. The Morgan fingerprint density at radius 3 is 2.52 bits per heavy atom. The van der Waals surface area contributed by atoms with Crippen molar-refractivity contribution in [2.45, 2.75) is 18.6 Å². The average Bonchev–Trinajstić information content (AvgIpc) is 2.88. The van der Waals surface area contributed by atoms with Crippen LogP contribution >= 0.6 is 11.3 Å². The molecule has 0 bridgehead atoms. The van der Waals surface area contributed by atoms with Crippen molar-refractivity contribution in [3.05, 3.63) is 40.9 Å². The van der Waals surface area contributed by atoms with Gasteiger partial charge in [-0.2, -0.15) is 13.2 Å². The molecule has 1 atom stereocenters. The molecule has 0 aliphatic heterocycles. The summed E-state index contributed by atoms with van der Waals surface area (Å²) in [6, 6.07) is 8.38.